The van der Waals surface area contributed by atoms with Gasteiger partial charge in [-0.25, -0.2) is 15.0 Å². The third-order valence-corrected chi connectivity index (χ3v) is 3.84. The van der Waals surface area contributed by atoms with E-state index in [0.717, 1.165) is 42.4 Å². The maximum atomic E-state index is 4.60. The summed E-state index contributed by atoms with van der Waals surface area (Å²) in [6, 6.07) is 1.95. The van der Waals surface area contributed by atoms with Crippen molar-refractivity contribution in [3.05, 3.63) is 16.5 Å². The molecule has 98 valence electrons. The van der Waals surface area contributed by atoms with Crippen molar-refractivity contribution in [2.75, 3.05) is 38.7 Å². The Balaban J connectivity index is 1.68. The van der Waals surface area contributed by atoms with Gasteiger partial charge in [-0.1, -0.05) is 0 Å². The molecule has 2 fully saturated rings. The molecule has 1 aromatic heterocycles. The molecule has 1 saturated heterocycles. The minimum absolute atomic E-state index is 0.579. The highest BCUT2D eigenvalue weighted by atomic mass is 79.9. The average Bonchev–Trinajstić information content (AvgIpc) is 3.15. The number of rotatable bonds is 3. The van der Waals surface area contributed by atoms with Crippen LogP contribution in [0.1, 0.15) is 24.6 Å². The maximum Gasteiger partial charge on any atom is 0.145 e. The van der Waals surface area contributed by atoms with Gasteiger partial charge < -0.3 is 10.3 Å². The van der Waals surface area contributed by atoms with Gasteiger partial charge in [0.1, 0.15) is 16.2 Å². The zero-order valence-electron chi connectivity index (χ0n) is 10.6. The first kappa shape index (κ1) is 12.3. The lowest BCUT2D eigenvalue weighted by Crippen LogP contribution is -2.47. The number of likely N-dealkylation sites (N-methyl/N-ethyl adjacent to an activating group) is 1. The van der Waals surface area contributed by atoms with Crippen LogP contribution in [-0.4, -0.2) is 53.1 Å². The van der Waals surface area contributed by atoms with E-state index in [2.05, 4.69) is 48.3 Å². The van der Waals surface area contributed by atoms with Crippen molar-refractivity contribution in [3.8, 4) is 0 Å². The van der Waals surface area contributed by atoms with E-state index < -0.39 is 0 Å². The number of anilines is 1. The van der Waals surface area contributed by atoms with Gasteiger partial charge >= 0.3 is 0 Å². The van der Waals surface area contributed by atoms with Crippen LogP contribution < -0.4 is 5.43 Å². The van der Waals surface area contributed by atoms with E-state index >= 15 is 0 Å². The number of hydrogen-bond acceptors (Lipinski definition) is 5. The first-order valence-corrected chi connectivity index (χ1v) is 7.24. The van der Waals surface area contributed by atoms with Crippen LogP contribution in [0.5, 0.6) is 0 Å². The van der Waals surface area contributed by atoms with Crippen molar-refractivity contribution in [2.45, 2.75) is 18.8 Å². The fraction of sp³-hybridized carbons (Fsp3) is 0.667. The normalized spacial score (nSPS) is 22.1. The Kier molecular flexibility index (Phi) is 3.50. The number of nitrogens with zero attached hydrogens (tertiary/aromatic N) is 4. The molecule has 0 amide bonds. The van der Waals surface area contributed by atoms with Gasteiger partial charge in [-0.15, -0.1) is 0 Å². The molecule has 0 unspecified atom stereocenters. The summed E-state index contributed by atoms with van der Waals surface area (Å²) in [5.74, 6) is 2.46. The van der Waals surface area contributed by atoms with E-state index in [-0.39, 0.29) is 0 Å². The Bertz CT molecular complexity index is 426. The minimum atomic E-state index is 0.579. The first-order valence-electron chi connectivity index (χ1n) is 6.45. The molecule has 2 aliphatic rings. The smallest absolute Gasteiger partial charge is 0.145 e. The highest BCUT2D eigenvalue weighted by Gasteiger charge is 2.27. The molecule has 1 N–H and O–H groups in total. The Morgan fingerprint density at radius 1 is 1.22 bits per heavy atom. The molecule has 5 nitrogen and oxygen atoms in total. The highest BCUT2D eigenvalue weighted by molar-refractivity contribution is 9.10. The summed E-state index contributed by atoms with van der Waals surface area (Å²) < 4.78 is 0.871. The zero-order valence-corrected chi connectivity index (χ0v) is 12.2. The van der Waals surface area contributed by atoms with Gasteiger partial charge in [0.15, 0.2) is 0 Å². The third kappa shape index (κ3) is 2.99. The van der Waals surface area contributed by atoms with Crippen LogP contribution in [0.15, 0.2) is 10.7 Å². The summed E-state index contributed by atoms with van der Waals surface area (Å²) in [6.45, 7) is 4.23. The fourth-order valence-corrected chi connectivity index (χ4v) is 2.50. The molecular weight excluding hydrogens is 294 g/mol. The van der Waals surface area contributed by atoms with Gasteiger partial charge in [0.2, 0.25) is 0 Å². The maximum absolute atomic E-state index is 4.60. The van der Waals surface area contributed by atoms with Crippen LogP contribution in [0.25, 0.3) is 0 Å². The van der Waals surface area contributed by atoms with Crippen molar-refractivity contribution < 1.29 is 0 Å². The molecule has 18 heavy (non-hydrogen) atoms. The van der Waals surface area contributed by atoms with E-state index in [1.165, 1.54) is 12.8 Å². The molecule has 0 bridgehead atoms. The van der Waals surface area contributed by atoms with Gasteiger partial charge in [-0.2, -0.15) is 0 Å². The van der Waals surface area contributed by atoms with Crippen LogP contribution >= 0.6 is 15.9 Å². The number of aromatic nitrogens is 2. The lowest BCUT2D eigenvalue weighted by Gasteiger charge is -2.32. The standard InChI is InChI=1S/C12H18BrN5/c1-17-4-6-18(7-5-17)16-11-8-10(13)14-12(15-11)9-2-3-9/h8-9H,2-7H2,1H3,(H,14,15,16). The van der Waals surface area contributed by atoms with Crippen molar-refractivity contribution >= 4 is 21.7 Å². The molecule has 6 heteroatoms. The predicted octanol–water partition coefficient (Wildman–Crippen LogP) is 1.69. The minimum Gasteiger partial charge on any atom is -0.304 e. The van der Waals surface area contributed by atoms with E-state index in [9.17, 15) is 0 Å². The third-order valence-electron chi connectivity index (χ3n) is 3.43. The van der Waals surface area contributed by atoms with Gasteiger partial charge in [0.25, 0.3) is 0 Å². The van der Waals surface area contributed by atoms with Crippen LogP contribution in [0.2, 0.25) is 0 Å². The number of nitrogens with one attached hydrogen (secondary N) is 1. The molecule has 3 rings (SSSR count). The second-order valence-corrected chi connectivity index (χ2v) is 5.92. The van der Waals surface area contributed by atoms with Crippen LogP contribution in [0.3, 0.4) is 0 Å². The molecular formula is C12H18BrN5. The number of piperazine rings is 1. The van der Waals surface area contributed by atoms with Crippen LogP contribution in [-0.2, 0) is 0 Å². The Morgan fingerprint density at radius 3 is 2.61 bits per heavy atom. The molecule has 1 saturated carbocycles. The van der Waals surface area contributed by atoms with Gasteiger partial charge in [0.05, 0.1) is 0 Å². The quantitative estimate of drug-likeness (QED) is 0.861. The molecule has 0 radical (unpaired) electrons. The molecule has 0 aromatic carbocycles. The molecule has 0 spiro atoms. The van der Waals surface area contributed by atoms with E-state index in [0.29, 0.717) is 5.92 Å². The Hall–Kier alpha value is -0.720. The monoisotopic (exact) mass is 311 g/mol. The topological polar surface area (TPSA) is 44.3 Å². The average molecular weight is 312 g/mol. The second-order valence-electron chi connectivity index (χ2n) is 5.11. The number of halogens is 1. The summed E-state index contributed by atoms with van der Waals surface area (Å²) in [5, 5.41) is 2.23. The number of hydrazine groups is 1. The fourth-order valence-electron chi connectivity index (χ4n) is 2.10. The van der Waals surface area contributed by atoms with Crippen molar-refractivity contribution in [1.29, 1.82) is 0 Å². The predicted molar refractivity (Wildman–Crippen MR) is 74.4 cm³/mol. The summed E-state index contributed by atoms with van der Waals surface area (Å²) in [5.41, 5.74) is 3.39. The first-order chi connectivity index (χ1) is 8.70. The van der Waals surface area contributed by atoms with Gasteiger partial charge in [-0.3, -0.25) is 0 Å². The lowest BCUT2D eigenvalue weighted by molar-refractivity contribution is 0.178. The number of hydrogen-bond donors (Lipinski definition) is 1. The van der Waals surface area contributed by atoms with Gasteiger partial charge in [0, 0.05) is 38.2 Å². The summed E-state index contributed by atoms with van der Waals surface area (Å²) in [4.78, 5) is 11.4. The van der Waals surface area contributed by atoms with Gasteiger partial charge in [-0.05, 0) is 35.8 Å². The Labute approximate surface area is 116 Å². The molecule has 0 atom stereocenters. The molecule has 1 aliphatic carbocycles. The molecule has 2 heterocycles. The largest absolute Gasteiger partial charge is 0.304 e. The molecule has 1 aliphatic heterocycles. The van der Waals surface area contributed by atoms with E-state index in [1.54, 1.807) is 0 Å². The van der Waals surface area contributed by atoms with Crippen LogP contribution in [0, 0.1) is 0 Å². The molecule has 1 aromatic rings. The SMILES string of the molecule is CN1CCN(Nc2cc(Br)nc(C3CC3)n2)CC1. The zero-order chi connectivity index (χ0) is 12.5. The van der Waals surface area contributed by atoms with Crippen molar-refractivity contribution in [1.82, 2.24) is 19.9 Å². The summed E-state index contributed by atoms with van der Waals surface area (Å²) >= 11 is 3.47. The summed E-state index contributed by atoms with van der Waals surface area (Å²) in [6.07, 6.45) is 2.45. The van der Waals surface area contributed by atoms with Crippen molar-refractivity contribution in [2.24, 2.45) is 0 Å². The second kappa shape index (κ2) is 5.11. The van der Waals surface area contributed by atoms with E-state index in [1.807, 2.05) is 6.07 Å². The van der Waals surface area contributed by atoms with Crippen LogP contribution in [0.4, 0.5) is 5.82 Å². The Morgan fingerprint density at radius 2 is 1.94 bits per heavy atom. The summed E-state index contributed by atoms with van der Waals surface area (Å²) in [7, 11) is 2.16. The van der Waals surface area contributed by atoms with Crippen molar-refractivity contribution in [3.63, 3.8) is 0 Å². The highest BCUT2D eigenvalue weighted by Crippen LogP contribution is 2.38. The van der Waals surface area contributed by atoms with E-state index in [4.69, 9.17) is 0 Å². The lowest BCUT2D eigenvalue weighted by atomic mass is 10.4.